The Morgan fingerprint density at radius 1 is 1.44 bits per heavy atom. The molecule has 34 heavy (non-hydrogen) atoms. The Labute approximate surface area is 205 Å². The van der Waals surface area contributed by atoms with Crippen LogP contribution in [-0.2, 0) is 9.53 Å². The molecule has 180 valence electrons. The van der Waals surface area contributed by atoms with Crippen LogP contribution in [0.2, 0.25) is 5.02 Å². The monoisotopic (exact) mass is 507 g/mol. The number of hydrogen-bond donors (Lipinski definition) is 1. The second-order valence-electron chi connectivity index (χ2n) is 7.71. The Kier molecular flexibility index (Phi) is 7.30. The molecule has 0 saturated carbocycles. The molecule has 2 amide bonds. The molecular weight excluding hydrogens is 485 g/mol. The summed E-state index contributed by atoms with van der Waals surface area (Å²) in [6.45, 7) is 4.94. The Balaban J connectivity index is 1.81. The number of ether oxygens (including phenoxy) is 2. The lowest BCUT2D eigenvalue weighted by Gasteiger charge is -2.39. The summed E-state index contributed by atoms with van der Waals surface area (Å²) in [6.07, 6.45) is 1.24. The fourth-order valence-corrected chi connectivity index (χ4v) is 5.21. The smallest absolute Gasteiger partial charge is 0.260 e. The van der Waals surface area contributed by atoms with Gasteiger partial charge < -0.3 is 24.4 Å². The second-order valence-corrected chi connectivity index (χ2v) is 9.17. The van der Waals surface area contributed by atoms with Crippen molar-refractivity contribution in [1.82, 2.24) is 14.8 Å². The number of carbonyl (C=O) groups excluding carboxylic acids is 2. The summed E-state index contributed by atoms with van der Waals surface area (Å²) in [7, 11) is 1.56. The number of methoxy groups -OCH3 is 1. The van der Waals surface area contributed by atoms with Crippen molar-refractivity contribution in [1.29, 1.82) is 0 Å². The molecular formula is C23H23ClFN3O5S. The molecule has 1 atom stereocenters. The molecule has 2 aromatic rings. The van der Waals surface area contributed by atoms with Gasteiger partial charge in [0, 0.05) is 32.5 Å². The van der Waals surface area contributed by atoms with Gasteiger partial charge in [0.2, 0.25) is 5.91 Å². The van der Waals surface area contributed by atoms with Crippen LogP contribution in [0.15, 0.2) is 35.9 Å². The van der Waals surface area contributed by atoms with Crippen molar-refractivity contribution in [3.63, 3.8) is 0 Å². The molecule has 3 heterocycles. The normalized spacial score (nSPS) is 17.5. The average molecular weight is 508 g/mol. The van der Waals surface area contributed by atoms with Gasteiger partial charge >= 0.3 is 0 Å². The summed E-state index contributed by atoms with van der Waals surface area (Å²) < 4.78 is 25.8. The topological polar surface area (TPSA) is 92.2 Å². The third-order valence-electron chi connectivity index (χ3n) is 5.68. The van der Waals surface area contributed by atoms with E-state index < -0.39 is 11.9 Å². The van der Waals surface area contributed by atoms with Crippen molar-refractivity contribution >= 4 is 35.2 Å². The van der Waals surface area contributed by atoms with Crippen molar-refractivity contribution in [3.05, 3.63) is 47.3 Å². The molecule has 0 aliphatic carbocycles. The highest BCUT2D eigenvalue weighted by molar-refractivity contribution is 7.99. The molecule has 1 unspecified atom stereocenters. The highest BCUT2D eigenvalue weighted by Crippen LogP contribution is 2.45. The lowest BCUT2D eigenvalue weighted by Crippen LogP contribution is -2.57. The molecule has 2 aliphatic rings. The molecule has 0 radical (unpaired) electrons. The Hall–Kier alpha value is -2.82. The number of phenols is 1. The largest absolute Gasteiger partial charge is 0.507 e. The van der Waals surface area contributed by atoms with Crippen LogP contribution in [-0.4, -0.2) is 83.5 Å². The van der Waals surface area contributed by atoms with E-state index in [9.17, 15) is 19.1 Å². The minimum absolute atomic E-state index is 0.0212. The fraction of sp³-hybridized carbons (Fsp3) is 0.348. The summed E-state index contributed by atoms with van der Waals surface area (Å²) in [5.41, 5.74) is -0.0200. The van der Waals surface area contributed by atoms with Crippen molar-refractivity contribution < 1.29 is 28.6 Å². The number of phenolic OH excluding ortho intramolecular Hbond substituents is 1. The summed E-state index contributed by atoms with van der Waals surface area (Å²) >= 11 is 7.87. The second kappa shape index (κ2) is 10.2. The number of halogens is 2. The van der Waals surface area contributed by atoms with Crippen molar-refractivity contribution in [3.8, 4) is 22.8 Å². The van der Waals surface area contributed by atoms with E-state index in [-0.39, 0.29) is 58.3 Å². The van der Waals surface area contributed by atoms with E-state index in [0.717, 1.165) is 0 Å². The van der Waals surface area contributed by atoms with Crippen LogP contribution in [0.1, 0.15) is 10.4 Å². The van der Waals surface area contributed by atoms with E-state index >= 15 is 0 Å². The SMILES string of the molecule is C=CC(=O)N1CCN2C(=O)c3c(SCCOC)nc(-c4c(O)cccc4F)c(Cl)c3OCC2C1. The van der Waals surface area contributed by atoms with Crippen LogP contribution in [0, 0.1) is 5.82 Å². The predicted molar refractivity (Wildman–Crippen MR) is 126 cm³/mol. The van der Waals surface area contributed by atoms with Gasteiger partial charge in [-0.25, -0.2) is 9.37 Å². The molecule has 1 fully saturated rings. The molecule has 1 aromatic carbocycles. The minimum Gasteiger partial charge on any atom is -0.507 e. The van der Waals surface area contributed by atoms with Gasteiger partial charge in [-0.2, -0.15) is 0 Å². The highest BCUT2D eigenvalue weighted by atomic mass is 35.5. The van der Waals surface area contributed by atoms with E-state index in [1.807, 2.05) is 0 Å². The molecule has 8 nitrogen and oxygen atoms in total. The maximum Gasteiger partial charge on any atom is 0.260 e. The number of piperazine rings is 1. The van der Waals surface area contributed by atoms with Crippen LogP contribution in [0.3, 0.4) is 0 Å². The van der Waals surface area contributed by atoms with Crippen molar-refractivity contribution in [2.24, 2.45) is 0 Å². The van der Waals surface area contributed by atoms with Gasteiger partial charge in [-0.3, -0.25) is 9.59 Å². The first-order valence-electron chi connectivity index (χ1n) is 10.6. The number of nitrogens with zero attached hydrogens (tertiary/aromatic N) is 3. The Bertz CT molecular complexity index is 1130. The third kappa shape index (κ3) is 4.45. The zero-order valence-corrected chi connectivity index (χ0v) is 20.0. The summed E-state index contributed by atoms with van der Waals surface area (Å²) in [5.74, 6) is -1.05. The van der Waals surface area contributed by atoms with Gasteiger partial charge in [-0.1, -0.05) is 24.2 Å². The third-order valence-corrected chi connectivity index (χ3v) is 6.97. The average Bonchev–Trinajstić information content (AvgIpc) is 2.97. The quantitative estimate of drug-likeness (QED) is 0.364. The minimum atomic E-state index is -0.710. The number of amides is 2. The Morgan fingerprint density at radius 3 is 2.94 bits per heavy atom. The van der Waals surface area contributed by atoms with Gasteiger partial charge in [0.1, 0.15) is 39.5 Å². The maximum atomic E-state index is 14.7. The molecule has 1 aromatic heterocycles. The molecule has 1 saturated heterocycles. The standard InChI is InChI=1S/C23H23ClFN3O5S/c1-3-16(30)27-7-8-28-13(11-27)12-33-21-18(23(28)31)22(34-10-9-32-2)26-20(19(21)24)17-14(25)5-4-6-15(17)29/h3-6,13,29H,1,7-12H2,2H3. The van der Waals surface area contributed by atoms with E-state index in [1.165, 1.54) is 36.0 Å². The van der Waals surface area contributed by atoms with E-state index in [0.29, 0.717) is 30.5 Å². The number of benzene rings is 1. The van der Waals surface area contributed by atoms with Gasteiger partial charge in [0.15, 0.2) is 5.75 Å². The summed E-state index contributed by atoms with van der Waals surface area (Å²) in [4.78, 5) is 33.5. The van der Waals surface area contributed by atoms with Gasteiger partial charge in [-0.15, -0.1) is 11.8 Å². The number of thioether (sulfide) groups is 1. The number of fused-ring (bicyclic) bond motifs is 2. The zero-order chi connectivity index (χ0) is 24.4. The molecule has 11 heteroatoms. The number of hydrogen-bond acceptors (Lipinski definition) is 7. The number of rotatable bonds is 6. The van der Waals surface area contributed by atoms with Crippen molar-refractivity contribution in [2.75, 3.05) is 45.7 Å². The molecule has 1 N–H and O–H groups in total. The van der Waals surface area contributed by atoms with E-state index in [2.05, 4.69) is 11.6 Å². The van der Waals surface area contributed by atoms with E-state index in [4.69, 9.17) is 21.1 Å². The van der Waals surface area contributed by atoms with E-state index in [1.54, 1.807) is 16.9 Å². The summed E-state index contributed by atoms with van der Waals surface area (Å²) in [6, 6.07) is 3.48. The number of pyridine rings is 1. The molecule has 0 spiro atoms. The molecule has 0 bridgehead atoms. The first-order chi connectivity index (χ1) is 16.4. The van der Waals surface area contributed by atoms with Gasteiger partial charge in [-0.05, 0) is 18.2 Å². The van der Waals surface area contributed by atoms with Crippen LogP contribution in [0.25, 0.3) is 11.3 Å². The van der Waals surface area contributed by atoms with Crippen LogP contribution >= 0.6 is 23.4 Å². The van der Waals surface area contributed by atoms with Crippen LogP contribution in [0.4, 0.5) is 4.39 Å². The summed E-state index contributed by atoms with van der Waals surface area (Å²) in [5, 5.41) is 10.6. The maximum absolute atomic E-state index is 14.7. The number of aromatic hydroxyl groups is 1. The van der Waals surface area contributed by atoms with Crippen LogP contribution < -0.4 is 4.74 Å². The number of aromatic nitrogens is 1. The number of carbonyl (C=O) groups is 2. The van der Waals surface area contributed by atoms with Crippen molar-refractivity contribution in [2.45, 2.75) is 11.1 Å². The highest BCUT2D eigenvalue weighted by Gasteiger charge is 2.39. The molecule has 4 rings (SSSR count). The first-order valence-corrected chi connectivity index (χ1v) is 11.9. The first kappa shape index (κ1) is 24.3. The predicted octanol–water partition coefficient (Wildman–Crippen LogP) is 3.22. The lowest BCUT2D eigenvalue weighted by molar-refractivity contribution is -0.128. The molecule has 2 aliphatic heterocycles. The lowest BCUT2D eigenvalue weighted by atomic mass is 10.1. The fourth-order valence-electron chi connectivity index (χ4n) is 4.00. The Morgan fingerprint density at radius 2 is 2.24 bits per heavy atom. The zero-order valence-electron chi connectivity index (χ0n) is 18.4. The van der Waals surface area contributed by atoms with Gasteiger partial charge in [0.25, 0.3) is 5.91 Å². The van der Waals surface area contributed by atoms with Crippen LogP contribution in [0.5, 0.6) is 11.5 Å². The van der Waals surface area contributed by atoms with Gasteiger partial charge in [0.05, 0.1) is 18.2 Å².